The van der Waals surface area contributed by atoms with Crippen LogP contribution in [0.25, 0.3) is 0 Å². The quantitative estimate of drug-likeness (QED) is 0.341. The van der Waals surface area contributed by atoms with Crippen LogP contribution >= 0.6 is 0 Å². The van der Waals surface area contributed by atoms with E-state index in [1.807, 2.05) is 0 Å². The molecule has 0 aromatic carbocycles. The lowest BCUT2D eigenvalue weighted by atomic mass is 10.1. The van der Waals surface area contributed by atoms with Gasteiger partial charge in [-0.25, -0.2) is 0 Å². The Morgan fingerprint density at radius 2 is 1.35 bits per heavy atom. The summed E-state index contributed by atoms with van der Waals surface area (Å²) in [7, 11) is 0. The molecule has 0 aliphatic heterocycles. The highest BCUT2D eigenvalue weighted by Crippen LogP contribution is 2.06. The van der Waals surface area contributed by atoms with Gasteiger partial charge in [-0.15, -0.1) is 0 Å². The molecule has 0 aliphatic rings. The molecular formula is C16H33N. The number of nitrogens with zero attached hydrogens (tertiary/aromatic N) is 1. The van der Waals surface area contributed by atoms with Crippen molar-refractivity contribution in [1.29, 1.82) is 0 Å². The van der Waals surface area contributed by atoms with E-state index in [9.17, 15) is 0 Å². The first-order valence-electron chi connectivity index (χ1n) is 7.72. The van der Waals surface area contributed by atoms with Gasteiger partial charge in [-0.3, -0.25) is 0 Å². The molecule has 1 nitrogen and oxygen atoms in total. The number of hydrogen-bond donors (Lipinski definition) is 0. The molecule has 0 saturated carbocycles. The Morgan fingerprint density at radius 3 is 1.94 bits per heavy atom. The molecular weight excluding hydrogens is 206 g/mol. The zero-order chi connectivity index (χ0) is 12.8. The van der Waals surface area contributed by atoms with Gasteiger partial charge in [0.1, 0.15) is 0 Å². The summed E-state index contributed by atoms with van der Waals surface area (Å²) in [6.07, 6.45) is 15.2. The van der Waals surface area contributed by atoms with Gasteiger partial charge in [-0.2, -0.15) is 0 Å². The van der Waals surface area contributed by atoms with Crippen LogP contribution in [-0.2, 0) is 0 Å². The Balaban J connectivity index is 3.32. The average molecular weight is 239 g/mol. The molecule has 0 aromatic rings. The van der Waals surface area contributed by atoms with Gasteiger partial charge in [0, 0.05) is 0 Å². The second-order valence-corrected chi connectivity index (χ2v) is 4.92. The fourth-order valence-corrected chi connectivity index (χ4v) is 2.20. The summed E-state index contributed by atoms with van der Waals surface area (Å²) in [5, 5.41) is 0. The zero-order valence-corrected chi connectivity index (χ0v) is 12.4. The van der Waals surface area contributed by atoms with Crippen LogP contribution in [0.15, 0.2) is 12.2 Å². The summed E-state index contributed by atoms with van der Waals surface area (Å²) in [4.78, 5) is 2.62. The van der Waals surface area contributed by atoms with Gasteiger partial charge in [0.15, 0.2) is 0 Å². The predicted octanol–water partition coefficient (Wildman–Crippen LogP) is 5.03. The SMILES string of the molecule is CC/C=C/CCCCCCN(CCC)CCC. The fourth-order valence-electron chi connectivity index (χ4n) is 2.20. The van der Waals surface area contributed by atoms with E-state index in [-0.39, 0.29) is 0 Å². The largest absolute Gasteiger partial charge is 0.303 e. The van der Waals surface area contributed by atoms with Crippen molar-refractivity contribution in [2.45, 2.75) is 72.1 Å². The maximum atomic E-state index is 2.62. The van der Waals surface area contributed by atoms with Crippen molar-refractivity contribution < 1.29 is 0 Å². The zero-order valence-electron chi connectivity index (χ0n) is 12.4. The van der Waals surface area contributed by atoms with Gasteiger partial charge in [-0.05, 0) is 58.2 Å². The molecule has 0 rings (SSSR count). The van der Waals surface area contributed by atoms with Gasteiger partial charge >= 0.3 is 0 Å². The van der Waals surface area contributed by atoms with Crippen LogP contribution in [0.3, 0.4) is 0 Å². The van der Waals surface area contributed by atoms with E-state index < -0.39 is 0 Å². The molecule has 0 heterocycles. The van der Waals surface area contributed by atoms with Crippen LogP contribution in [0.4, 0.5) is 0 Å². The van der Waals surface area contributed by atoms with Crippen LogP contribution in [-0.4, -0.2) is 24.5 Å². The minimum absolute atomic E-state index is 1.18. The van der Waals surface area contributed by atoms with E-state index in [4.69, 9.17) is 0 Å². The van der Waals surface area contributed by atoms with Crippen molar-refractivity contribution in [1.82, 2.24) is 4.90 Å². The van der Waals surface area contributed by atoms with Crippen molar-refractivity contribution in [3.63, 3.8) is 0 Å². The molecule has 0 fully saturated rings. The lowest BCUT2D eigenvalue weighted by molar-refractivity contribution is 0.268. The molecule has 0 radical (unpaired) electrons. The predicted molar refractivity (Wildman–Crippen MR) is 79.5 cm³/mol. The molecule has 0 saturated heterocycles. The van der Waals surface area contributed by atoms with Crippen LogP contribution in [0, 0.1) is 0 Å². The first-order chi connectivity index (χ1) is 8.35. The van der Waals surface area contributed by atoms with Crippen molar-refractivity contribution in [3.8, 4) is 0 Å². The molecule has 0 N–H and O–H groups in total. The third kappa shape index (κ3) is 12.0. The van der Waals surface area contributed by atoms with Gasteiger partial charge in [0.05, 0.1) is 0 Å². The van der Waals surface area contributed by atoms with Crippen molar-refractivity contribution >= 4 is 0 Å². The summed E-state index contributed by atoms with van der Waals surface area (Å²) >= 11 is 0. The summed E-state index contributed by atoms with van der Waals surface area (Å²) in [5.74, 6) is 0. The smallest absolute Gasteiger partial charge is 0.00187 e. The standard InChI is InChI=1S/C16H33N/c1-4-7-8-9-10-11-12-13-16-17(14-5-2)15-6-3/h7-8H,4-6,9-16H2,1-3H3/b8-7+. The first-order valence-corrected chi connectivity index (χ1v) is 7.72. The molecule has 0 aliphatic carbocycles. The third-order valence-corrected chi connectivity index (χ3v) is 3.08. The Kier molecular flexibility index (Phi) is 13.5. The Morgan fingerprint density at radius 1 is 0.706 bits per heavy atom. The van der Waals surface area contributed by atoms with Crippen LogP contribution < -0.4 is 0 Å². The molecule has 0 aromatic heterocycles. The maximum absolute atomic E-state index is 2.62. The molecule has 1 heteroatoms. The monoisotopic (exact) mass is 239 g/mol. The van der Waals surface area contributed by atoms with E-state index in [1.54, 1.807) is 0 Å². The van der Waals surface area contributed by atoms with Crippen LogP contribution in [0.2, 0.25) is 0 Å². The van der Waals surface area contributed by atoms with Crippen LogP contribution in [0.5, 0.6) is 0 Å². The third-order valence-electron chi connectivity index (χ3n) is 3.08. The summed E-state index contributed by atoms with van der Waals surface area (Å²) in [6.45, 7) is 10.6. The normalized spacial score (nSPS) is 11.8. The summed E-state index contributed by atoms with van der Waals surface area (Å²) < 4.78 is 0. The second-order valence-electron chi connectivity index (χ2n) is 4.92. The van der Waals surface area contributed by atoms with E-state index in [2.05, 4.69) is 37.8 Å². The van der Waals surface area contributed by atoms with Crippen molar-refractivity contribution in [2.75, 3.05) is 19.6 Å². The lowest BCUT2D eigenvalue weighted by Crippen LogP contribution is -2.26. The van der Waals surface area contributed by atoms with E-state index >= 15 is 0 Å². The topological polar surface area (TPSA) is 3.24 Å². The summed E-state index contributed by atoms with van der Waals surface area (Å²) in [6, 6.07) is 0. The molecule has 0 unspecified atom stereocenters. The highest BCUT2D eigenvalue weighted by Gasteiger charge is 2.01. The molecule has 0 spiro atoms. The molecule has 0 bridgehead atoms. The summed E-state index contributed by atoms with van der Waals surface area (Å²) in [5.41, 5.74) is 0. The molecule has 17 heavy (non-hydrogen) atoms. The minimum Gasteiger partial charge on any atom is -0.303 e. The van der Waals surface area contributed by atoms with E-state index in [0.29, 0.717) is 0 Å². The highest BCUT2D eigenvalue weighted by molar-refractivity contribution is 4.79. The molecule has 0 amide bonds. The van der Waals surface area contributed by atoms with E-state index in [1.165, 1.54) is 71.0 Å². The van der Waals surface area contributed by atoms with Gasteiger partial charge in [-0.1, -0.05) is 45.8 Å². The highest BCUT2D eigenvalue weighted by atomic mass is 15.1. The van der Waals surface area contributed by atoms with Crippen molar-refractivity contribution in [3.05, 3.63) is 12.2 Å². The maximum Gasteiger partial charge on any atom is -0.00187 e. The average Bonchev–Trinajstić information content (AvgIpc) is 2.33. The molecule has 0 atom stereocenters. The molecule has 102 valence electrons. The fraction of sp³-hybridized carbons (Fsp3) is 0.875. The van der Waals surface area contributed by atoms with Gasteiger partial charge in [0.25, 0.3) is 0 Å². The Bertz CT molecular complexity index is 157. The van der Waals surface area contributed by atoms with Crippen molar-refractivity contribution in [2.24, 2.45) is 0 Å². The van der Waals surface area contributed by atoms with Crippen LogP contribution in [0.1, 0.15) is 72.1 Å². The Hall–Kier alpha value is -0.300. The minimum atomic E-state index is 1.18. The first kappa shape index (κ1) is 16.7. The number of hydrogen-bond acceptors (Lipinski definition) is 1. The Labute approximate surface area is 109 Å². The second kappa shape index (κ2) is 13.8. The van der Waals surface area contributed by atoms with Gasteiger partial charge in [0.2, 0.25) is 0 Å². The number of allylic oxidation sites excluding steroid dienone is 2. The van der Waals surface area contributed by atoms with Gasteiger partial charge < -0.3 is 4.90 Å². The lowest BCUT2D eigenvalue weighted by Gasteiger charge is -2.20. The number of unbranched alkanes of at least 4 members (excludes halogenated alkanes) is 4. The van der Waals surface area contributed by atoms with E-state index in [0.717, 1.165) is 0 Å². The number of rotatable bonds is 12.